The predicted molar refractivity (Wildman–Crippen MR) is 238 cm³/mol. The van der Waals surface area contributed by atoms with Gasteiger partial charge in [0.25, 0.3) is 23.6 Å². The predicted octanol–water partition coefficient (Wildman–Crippen LogP) is 8.63. The average Bonchev–Trinajstić information content (AvgIpc) is 3.23. The second-order valence-electron chi connectivity index (χ2n) is 12.0. The van der Waals surface area contributed by atoms with E-state index < -0.39 is 35.3 Å². The van der Waals surface area contributed by atoms with Crippen LogP contribution in [-0.4, -0.2) is 50.5 Å². The van der Waals surface area contributed by atoms with Crippen LogP contribution in [0.5, 0.6) is 0 Å². The van der Waals surface area contributed by atoms with Gasteiger partial charge < -0.3 is 37.9 Å². The van der Waals surface area contributed by atoms with E-state index in [9.17, 15) is 28.0 Å². The Hall–Kier alpha value is -7.38. The van der Waals surface area contributed by atoms with E-state index >= 15 is 0 Å². The third kappa shape index (κ3) is 13.3. The van der Waals surface area contributed by atoms with Gasteiger partial charge in [-0.3, -0.25) is 24.6 Å². The summed E-state index contributed by atoms with van der Waals surface area (Å²) in [6.07, 6.45) is 3.01. The number of oxime groups is 1. The molecule has 0 radical (unpaired) electrons. The van der Waals surface area contributed by atoms with Crippen LogP contribution in [-0.2, 0) is 0 Å². The maximum Gasteiger partial charge on any atom is 0.259 e. The molecule has 10 N–H and O–H groups in total. The molecule has 2 aromatic heterocycles. The summed E-state index contributed by atoms with van der Waals surface area (Å²) in [5.74, 6) is -3.21. The second kappa shape index (κ2) is 22.1. The first-order valence-corrected chi connectivity index (χ1v) is 18.4. The number of amides is 4. The van der Waals surface area contributed by atoms with E-state index in [4.69, 9.17) is 22.1 Å². The lowest BCUT2D eigenvalue weighted by molar-refractivity contribution is 0.101. The van der Waals surface area contributed by atoms with Crippen LogP contribution in [0.4, 0.5) is 31.8 Å². The topological polar surface area (TPSA) is 251 Å². The van der Waals surface area contributed by atoms with Crippen LogP contribution in [0.15, 0.2) is 136 Å². The number of nitrogen functional groups attached to an aromatic ring is 1. The Kier molecular flexibility index (Phi) is 17.4. The van der Waals surface area contributed by atoms with Crippen LogP contribution in [0.25, 0.3) is 0 Å². The molecule has 61 heavy (non-hydrogen) atoms. The fraction of sp³-hybridized carbons (Fsp3) is 0.0476. The van der Waals surface area contributed by atoms with E-state index in [1.807, 2.05) is 0 Å². The Morgan fingerprint density at radius 2 is 0.934 bits per heavy atom. The molecule has 314 valence electrons. The number of nitrogens with two attached hydrogens (primary N) is 2. The Balaban J connectivity index is 0.000000315. The highest BCUT2D eigenvalue weighted by molar-refractivity contribution is 9.10. The highest BCUT2D eigenvalue weighted by atomic mass is 79.9. The monoisotopic (exact) mass is 958 g/mol. The first-order valence-electron chi connectivity index (χ1n) is 16.8. The van der Waals surface area contributed by atoms with Gasteiger partial charge in [0.15, 0.2) is 5.84 Å². The summed E-state index contributed by atoms with van der Waals surface area (Å²) >= 11 is 6.49. The fourth-order valence-corrected chi connectivity index (χ4v) is 5.40. The van der Waals surface area contributed by atoms with Gasteiger partial charge in [-0.15, -0.1) is 0 Å². The molecule has 0 spiro atoms. The number of benzene rings is 4. The summed E-state index contributed by atoms with van der Waals surface area (Å²) in [7, 11) is 0. The molecule has 4 aromatic carbocycles. The Labute approximate surface area is 365 Å². The highest BCUT2D eigenvalue weighted by Crippen LogP contribution is 2.22. The highest BCUT2D eigenvalue weighted by Gasteiger charge is 2.18. The van der Waals surface area contributed by atoms with E-state index in [0.717, 1.165) is 33.2 Å². The van der Waals surface area contributed by atoms with Crippen molar-refractivity contribution < 1.29 is 33.2 Å². The SMILES string of the molecule is C.C.N/C(=N/O)c1ccc(C(=O)Nc2ccc(F)cc2C(=O)Nc2ccc(Br)cn2)cc1.N=C(N)c1ccc(C(=O)Nc2ccc(F)cc2C(=O)Nc2ccc(Br)cn2)cc1. The third-order valence-corrected chi connectivity index (χ3v) is 8.83. The van der Waals surface area contributed by atoms with Gasteiger partial charge in [-0.25, -0.2) is 18.7 Å². The van der Waals surface area contributed by atoms with Gasteiger partial charge in [0.1, 0.15) is 29.1 Å². The van der Waals surface area contributed by atoms with Gasteiger partial charge in [0.05, 0.1) is 22.5 Å². The van der Waals surface area contributed by atoms with Crippen molar-refractivity contribution in [3.63, 3.8) is 0 Å². The van der Waals surface area contributed by atoms with E-state index in [0.29, 0.717) is 16.7 Å². The van der Waals surface area contributed by atoms with E-state index in [1.165, 1.54) is 73.1 Å². The number of nitrogens with one attached hydrogen (secondary N) is 5. The molecule has 0 saturated carbocycles. The zero-order chi connectivity index (χ0) is 42.6. The summed E-state index contributed by atoms with van der Waals surface area (Å²) in [5.41, 5.74) is 12.5. The molecule has 4 amide bonds. The zero-order valence-corrected chi connectivity index (χ0v) is 33.3. The number of carbonyl (C=O) groups excluding carboxylic acids is 4. The van der Waals surface area contributed by atoms with E-state index in [-0.39, 0.29) is 66.2 Å². The van der Waals surface area contributed by atoms with Crippen LogP contribution >= 0.6 is 31.9 Å². The average molecular weight is 961 g/mol. The minimum absolute atomic E-state index is 0. The number of nitrogens with zero attached hydrogens (tertiary/aromatic N) is 3. The molecule has 6 rings (SSSR count). The minimum atomic E-state index is -0.637. The molecule has 15 nitrogen and oxygen atoms in total. The Morgan fingerprint density at radius 3 is 1.28 bits per heavy atom. The minimum Gasteiger partial charge on any atom is -0.409 e. The van der Waals surface area contributed by atoms with Gasteiger partial charge in [0, 0.05) is 43.6 Å². The molecule has 0 saturated heterocycles. The third-order valence-electron chi connectivity index (χ3n) is 7.90. The summed E-state index contributed by atoms with van der Waals surface area (Å²) in [4.78, 5) is 58.3. The van der Waals surface area contributed by atoms with Crippen molar-refractivity contribution in [2.75, 3.05) is 21.3 Å². The van der Waals surface area contributed by atoms with Gasteiger partial charge in [-0.1, -0.05) is 44.3 Å². The molecular formula is C42H38Br2F2N10O5. The number of hydrogen-bond donors (Lipinski definition) is 8. The molecule has 0 unspecified atom stereocenters. The van der Waals surface area contributed by atoms with Crippen molar-refractivity contribution in [1.29, 1.82) is 5.41 Å². The van der Waals surface area contributed by atoms with Crippen LogP contribution in [0.3, 0.4) is 0 Å². The summed E-state index contributed by atoms with van der Waals surface area (Å²) in [6, 6.07) is 25.5. The number of amidine groups is 2. The molecule has 0 bridgehead atoms. The van der Waals surface area contributed by atoms with Crippen molar-refractivity contribution in [3.8, 4) is 0 Å². The maximum absolute atomic E-state index is 13.8. The molecule has 0 aliphatic rings. The molecular weight excluding hydrogens is 922 g/mol. The Morgan fingerprint density at radius 1 is 0.557 bits per heavy atom. The number of anilines is 4. The number of aromatic nitrogens is 2. The van der Waals surface area contributed by atoms with Crippen molar-refractivity contribution >= 4 is 90.2 Å². The molecule has 0 atom stereocenters. The van der Waals surface area contributed by atoms with Crippen molar-refractivity contribution in [3.05, 3.63) is 176 Å². The lowest BCUT2D eigenvalue weighted by atomic mass is 10.1. The Bertz CT molecular complexity index is 2560. The number of carbonyl (C=O) groups is 4. The van der Waals surface area contributed by atoms with Crippen molar-refractivity contribution in [2.45, 2.75) is 14.9 Å². The summed E-state index contributed by atoms with van der Waals surface area (Å²) in [6.45, 7) is 0. The van der Waals surface area contributed by atoms with Gasteiger partial charge in [-0.2, -0.15) is 0 Å². The van der Waals surface area contributed by atoms with Crippen molar-refractivity contribution in [1.82, 2.24) is 9.97 Å². The van der Waals surface area contributed by atoms with E-state index in [2.05, 4.69) is 68.3 Å². The fourth-order valence-electron chi connectivity index (χ4n) is 4.93. The second-order valence-corrected chi connectivity index (χ2v) is 13.8. The first kappa shape index (κ1) is 48.0. The van der Waals surface area contributed by atoms with Gasteiger partial charge in [-0.05, 0) is 117 Å². The zero-order valence-electron chi connectivity index (χ0n) is 30.1. The first-order chi connectivity index (χ1) is 28.2. The van der Waals surface area contributed by atoms with Crippen LogP contribution in [0.2, 0.25) is 0 Å². The molecule has 0 fully saturated rings. The molecule has 19 heteroatoms. The largest absolute Gasteiger partial charge is 0.409 e. The normalized spacial score (nSPS) is 10.3. The quantitative estimate of drug-likeness (QED) is 0.0283. The maximum atomic E-state index is 13.8. The molecule has 2 heterocycles. The number of pyridine rings is 2. The van der Waals surface area contributed by atoms with Crippen LogP contribution in [0.1, 0.15) is 67.4 Å². The lowest BCUT2D eigenvalue weighted by Gasteiger charge is -2.12. The summed E-state index contributed by atoms with van der Waals surface area (Å²) in [5, 5.41) is 29.3. The van der Waals surface area contributed by atoms with E-state index in [1.54, 1.807) is 24.3 Å². The number of hydrogen-bond acceptors (Lipinski definition) is 9. The standard InChI is InChI=1S/C20H15BrFN5O3.C20H15BrFN5O2.2CH4/c21-13-5-8-17(24-10-13)26-20(29)15-9-14(22)6-7-16(15)25-19(28)12-3-1-11(2-4-12)18(23)27-30;21-13-5-8-17(25-10-13)27-20(29)15-9-14(22)6-7-16(15)26-19(28)12-3-1-11(2-4-12)18(23)24;;/h1-10,30H,(H2,23,27)(H,25,28)(H,24,26,29);1-10H,(H3,23,24)(H,26,28)(H,25,27,29);2*1H4. The lowest BCUT2D eigenvalue weighted by Crippen LogP contribution is -2.19. The van der Waals surface area contributed by atoms with Gasteiger partial charge in [0.2, 0.25) is 0 Å². The number of halogens is 4. The number of rotatable bonds is 10. The molecule has 0 aliphatic carbocycles. The van der Waals surface area contributed by atoms with Gasteiger partial charge >= 0.3 is 0 Å². The van der Waals surface area contributed by atoms with Crippen LogP contribution < -0.4 is 32.7 Å². The molecule has 6 aromatic rings. The molecule has 0 aliphatic heterocycles. The summed E-state index contributed by atoms with van der Waals surface area (Å²) < 4.78 is 29.0. The van der Waals surface area contributed by atoms with Crippen molar-refractivity contribution in [2.24, 2.45) is 16.6 Å². The van der Waals surface area contributed by atoms with Crippen LogP contribution in [0, 0.1) is 17.0 Å². The smallest absolute Gasteiger partial charge is 0.259 e.